The van der Waals surface area contributed by atoms with Crippen LogP contribution in [0, 0.1) is 0 Å². The van der Waals surface area contributed by atoms with Crippen LogP contribution < -0.4 is 5.32 Å². The molecule has 0 atom stereocenters. The molecule has 0 aliphatic heterocycles. The predicted molar refractivity (Wildman–Crippen MR) is 77.2 cm³/mol. The van der Waals surface area contributed by atoms with Crippen molar-refractivity contribution in [3.63, 3.8) is 0 Å². The van der Waals surface area contributed by atoms with Crippen LogP contribution in [0.5, 0.6) is 0 Å². The van der Waals surface area contributed by atoms with Gasteiger partial charge in [0.25, 0.3) is 10.2 Å². The molecular formula is C12H26F3N3O2S. The maximum Gasteiger partial charge on any atom is 0.402 e. The lowest BCUT2D eigenvalue weighted by molar-refractivity contribution is -0.138. The fourth-order valence-corrected chi connectivity index (χ4v) is 3.29. The minimum Gasteiger partial charge on any atom is -0.317 e. The molecule has 5 nitrogen and oxygen atoms in total. The highest BCUT2D eigenvalue weighted by Crippen LogP contribution is 2.21. The second-order valence-electron chi connectivity index (χ2n) is 5.19. The summed E-state index contributed by atoms with van der Waals surface area (Å²) >= 11 is 0. The predicted octanol–water partition coefficient (Wildman–Crippen LogP) is 1.83. The highest BCUT2D eigenvalue weighted by molar-refractivity contribution is 7.86. The monoisotopic (exact) mass is 333 g/mol. The number of hydrogen-bond donors (Lipinski definition) is 1. The maximum atomic E-state index is 12.5. The molecule has 0 aliphatic carbocycles. The molecule has 0 radical (unpaired) electrons. The van der Waals surface area contributed by atoms with Crippen molar-refractivity contribution in [3.8, 4) is 0 Å². The molecule has 0 saturated carbocycles. The van der Waals surface area contributed by atoms with E-state index < -0.39 is 29.0 Å². The summed E-state index contributed by atoms with van der Waals surface area (Å²) in [4.78, 5) is 0. The molecule has 0 aromatic carbocycles. The second kappa shape index (κ2) is 8.92. The zero-order valence-corrected chi connectivity index (χ0v) is 13.9. The van der Waals surface area contributed by atoms with E-state index in [2.05, 4.69) is 5.32 Å². The van der Waals surface area contributed by atoms with E-state index in [4.69, 9.17) is 0 Å². The summed E-state index contributed by atoms with van der Waals surface area (Å²) in [6.07, 6.45) is -3.03. The molecule has 0 bridgehead atoms. The van der Waals surface area contributed by atoms with Crippen LogP contribution in [0.1, 0.15) is 33.6 Å². The van der Waals surface area contributed by atoms with E-state index in [0.29, 0.717) is 17.3 Å². The van der Waals surface area contributed by atoms with Gasteiger partial charge in [-0.2, -0.15) is 30.2 Å². The SMILES string of the molecule is CCCNCCCN(C)S(=O)(=O)N(CC(F)(F)F)C(C)C. The van der Waals surface area contributed by atoms with Crippen molar-refractivity contribution in [1.29, 1.82) is 0 Å². The standard InChI is InChI=1S/C12H26F3N3O2S/c1-5-7-16-8-6-9-17(4)21(19,20)18(11(2)3)10-12(13,14)15/h11,16H,5-10H2,1-4H3. The zero-order valence-electron chi connectivity index (χ0n) is 13.1. The fourth-order valence-electron chi connectivity index (χ4n) is 1.73. The van der Waals surface area contributed by atoms with Gasteiger partial charge in [-0.1, -0.05) is 6.92 Å². The van der Waals surface area contributed by atoms with Crippen molar-refractivity contribution in [3.05, 3.63) is 0 Å². The van der Waals surface area contributed by atoms with Gasteiger partial charge in [-0.3, -0.25) is 0 Å². The summed E-state index contributed by atoms with van der Waals surface area (Å²) in [5.74, 6) is 0. The third kappa shape index (κ3) is 7.98. The van der Waals surface area contributed by atoms with Gasteiger partial charge in [0.2, 0.25) is 0 Å². The molecule has 0 aromatic heterocycles. The number of nitrogens with one attached hydrogen (secondary N) is 1. The van der Waals surface area contributed by atoms with Gasteiger partial charge in [0.1, 0.15) is 6.54 Å². The lowest BCUT2D eigenvalue weighted by Gasteiger charge is -2.31. The molecule has 0 saturated heterocycles. The first-order valence-electron chi connectivity index (χ1n) is 7.03. The molecule has 0 aliphatic rings. The topological polar surface area (TPSA) is 52.7 Å². The van der Waals surface area contributed by atoms with E-state index in [9.17, 15) is 21.6 Å². The molecule has 0 spiro atoms. The van der Waals surface area contributed by atoms with E-state index in [-0.39, 0.29) is 6.54 Å². The van der Waals surface area contributed by atoms with Crippen LogP contribution in [0.15, 0.2) is 0 Å². The second-order valence-corrected chi connectivity index (χ2v) is 7.18. The molecule has 0 unspecified atom stereocenters. The van der Waals surface area contributed by atoms with Gasteiger partial charge in [0.15, 0.2) is 0 Å². The molecule has 21 heavy (non-hydrogen) atoms. The van der Waals surface area contributed by atoms with Gasteiger partial charge in [0.05, 0.1) is 0 Å². The Morgan fingerprint density at radius 1 is 1.19 bits per heavy atom. The van der Waals surface area contributed by atoms with E-state index in [1.54, 1.807) is 0 Å². The Morgan fingerprint density at radius 3 is 2.19 bits per heavy atom. The average Bonchev–Trinajstić information content (AvgIpc) is 2.34. The summed E-state index contributed by atoms with van der Waals surface area (Å²) in [6, 6.07) is -0.753. The quantitative estimate of drug-likeness (QED) is 0.621. The molecule has 1 N–H and O–H groups in total. The number of nitrogens with zero attached hydrogens (tertiary/aromatic N) is 2. The Morgan fingerprint density at radius 2 is 1.76 bits per heavy atom. The first-order valence-corrected chi connectivity index (χ1v) is 8.42. The van der Waals surface area contributed by atoms with Gasteiger partial charge in [-0.25, -0.2) is 0 Å². The van der Waals surface area contributed by atoms with Crippen molar-refractivity contribution >= 4 is 10.2 Å². The van der Waals surface area contributed by atoms with Crippen LogP contribution in [0.4, 0.5) is 13.2 Å². The summed E-state index contributed by atoms with van der Waals surface area (Å²) in [5.41, 5.74) is 0. The van der Waals surface area contributed by atoms with Crippen molar-refractivity contribution in [1.82, 2.24) is 13.9 Å². The zero-order chi connectivity index (χ0) is 16.7. The van der Waals surface area contributed by atoms with Gasteiger partial charge in [-0.05, 0) is 39.8 Å². The maximum absolute atomic E-state index is 12.5. The Hall–Kier alpha value is -0.380. The summed E-state index contributed by atoms with van der Waals surface area (Å²) in [6.45, 7) is 5.06. The van der Waals surface area contributed by atoms with Crippen LogP contribution in [0.3, 0.4) is 0 Å². The summed E-state index contributed by atoms with van der Waals surface area (Å²) < 4.78 is 63.4. The highest BCUT2D eigenvalue weighted by Gasteiger charge is 2.39. The number of alkyl halides is 3. The van der Waals surface area contributed by atoms with Gasteiger partial charge < -0.3 is 5.32 Å². The summed E-state index contributed by atoms with van der Waals surface area (Å²) in [5, 5.41) is 3.12. The first-order chi connectivity index (χ1) is 9.52. The van der Waals surface area contributed by atoms with Gasteiger partial charge in [-0.15, -0.1) is 0 Å². The fraction of sp³-hybridized carbons (Fsp3) is 1.00. The minimum absolute atomic E-state index is 0.181. The molecular weight excluding hydrogens is 307 g/mol. The van der Waals surface area contributed by atoms with Crippen LogP contribution in [-0.4, -0.2) is 62.5 Å². The van der Waals surface area contributed by atoms with Crippen molar-refractivity contribution in [2.24, 2.45) is 0 Å². The van der Waals surface area contributed by atoms with E-state index >= 15 is 0 Å². The molecule has 0 heterocycles. The smallest absolute Gasteiger partial charge is 0.317 e. The Labute approximate surface area is 125 Å². The van der Waals surface area contributed by atoms with E-state index in [1.807, 2.05) is 6.92 Å². The molecule has 0 amide bonds. The van der Waals surface area contributed by atoms with Gasteiger partial charge in [0, 0.05) is 19.6 Å². The van der Waals surface area contributed by atoms with Crippen LogP contribution >= 0.6 is 0 Å². The molecule has 0 fully saturated rings. The third-order valence-electron chi connectivity index (χ3n) is 2.85. The Bertz CT molecular complexity index is 386. The highest BCUT2D eigenvalue weighted by atomic mass is 32.2. The first kappa shape index (κ1) is 20.6. The van der Waals surface area contributed by atoms with Crippen molar-refractivity contribution < 1.29 is 21.6 Å². The average molecular weight is 333 g/mol. The van der Waals surface area contributed by atoms with Crippen LogP contribution in [-0.2, 0) is 10.2 Å². The Kier molecular flexibility index (Phi) is 8.76. The number of halogens is 3. The molecule has 0 rings (SSSR count). The largest absolute Gasteiger partial charge is 0.402 e. The lowest BCUT2D eigenvalue weighted by Crippen LogP contribution is -2.49. The van der Waals surface area contributed by atoms with E-state index in [0.717, 1.165) is 17.3 Å². The van der Waals surface area contributed by atoms with Gasteiger partial charge >= 0.3 is 6.18 Å². The van der Waals surface area contributed by atoms with Crippen LogP contribution in [0.2, 0.25) is 0 Å². The minimum atomic E-state index is -4.55. The molecule has 128 valence electrons. The lowest BCUT2D eigenvalue weighted by atomic mass is 10.4. The normalized spacial score (nSPS) is 13.6. The molecule has 0 aromatic rings. The van der Waals surface area contributed by atoms with Crippen LogP contribution in [0.25, 0.3) is 0 Å². The third-order valence-corrected chi connectivity index (χ3v) is 4.97. The number of hydrogen-bond acceptors (Lipinski definition) is 3. The summed E-state index contributed by atoms with van der Waals surface area (Å²) in [7, 11) is -2.80. The van der Waals surface area contributed by atoms with Crippen molar-refractivity contribution in [2.45, 2.75) is 45.8 Å². The van der Waals surface area contributed by atoms with Crippen molar-refractivity contribution in [2.75, 3.05) is 33.2 Å². The number of rotatable bonds is 10. The van der Waals surface area contributed by atoms with E-state index in [1.165, 1.54) is 20.9 Å². The molecule has 9 heteroatoms. The Balaban J connectivity index is 4.65.